The Hall–Kier alpha value is -3.39. The fourth-order valence-electron chi connectivity index (χ4n) is 4.21. The van der Waals surface area contributed by atoms with E-state index in [-0.39, 0.29) is 22.7 Å². The van der Waals surface area contributed by atoms with Crippen LogP contribution in [0.3, 0.4) is 0 Å². The van der Waals surface area contributed by atoms with Gasteiger partial charge in [-0.25, -0.2) is 0 Å². The summed E-state index contributed by atoms with van der Waals surface area (Å²) >= 11 is 0. The third kappa shape index (κ3) is 6.60. The second-order valence-electron chi connectivity index (χ2n) is 8.89. The van der Waals surface area contributed by atoms with Gasteiger partial charge in [-0.3, -0.25) is 15.2 Å². The van der Waals surface area contributed by atoms with Crippen molar-refractivity contribution in [1.82, 2.24) is 0 Å². The van der Waals surface area contributed by atoms with Crippen LogP contribution in [0.25, 0.3) is 6.08 Å². The minimum Gasteiger partial charge on any atom is -0.468 e. The number of nitrogens with zero attached hydrogens (tertiary/aromatic N) is 1. The smallest absolute Gasteiger partial charge is 0.291 e. The van der Waals surface area contributed by atoms with Crippen molar-refractivity contribution in [2.45, 2.75) is 47.1 Å². The lowest BCUT2D eigenvalue weighted by atomic mass is 10.0. The Bertz CT molecular complexity index is 1250. The Labute approximate surface area is 205 Å². The van der Waals surface area contributed by atoms with Crippen molar-refractivity contribution in [3.63, 3.8) is 0 Å². The summed E-state index contributed by atoms with van der Waals surface area (Å²) in [6.45, 7) is 10.0. The first-order valence-electron chi connectivity index (χ1n) is 11.4. The average molecular weight is 480 g/mol. The van der Waals surface area contributed by atoms with Gasteiger partial charge >= 0.3 is 0 Å². The van der Waals surface area contributed by atoms with Crippen molar-refractivity contribution < 1.29 is 24.3 Å². The zero-order valence-corrected chi connectivity index (χ0v) is 21.1. The van der Waals surface area contributed by atoms with Crippen molar-refractivity contribution >= 4 is 11.8 Å². The van der Waals surface area contributed by atoms with Crippen LogP contribution < -0.4 is 15.4 Å². The molecule has 1 aliphatic heterocycles. The van der Waals surface area contributed by atoms with Crippen LogP contribution in [0.15, 0.2) is 74.0 Å². The normalized spacial score (nSPS) is 18.3. The van der Waals surface area contributed by atoms with Crippen molar-refractivity contribution in [2.24, 2.45) is 0 Å². The molecule has 2 aromatic rings. The van der Waals surface area contributed by atoms with Crippen LogP contribution in [0, 0.1) is 13.8 Å². The van der Waals surface area contributed by atoms with E-state index >= 15 is 0 Å². The molecule has 2 heterocycles. The fourth-order valence-corrected chi connectivity index (χ4v) is 4.21. The molecule has 1 saturated heterocycles. The highest BCUT2D eigenvalue weighted by atomic mass is 16.8. The van der Waals surface area contributed by atoms with Crippen molar-refractivity contribution in [1.29, 1.82) is 0 Å². The van der Waals surface area contributed by atoms with E-state index in [9.17, 15) is 4.79 Å². The van der Waals surface area contributed by atoms with E-state index in [1.807, 2.05) is 39.0 Å². The van der Waals surface area contributed by atoms with Gasteiger partial charge < -0.3 is 13.9 Å². The SMILES string of the molecule is COc1oc(C2CC(=CC(C)=CC(C)=CC(C)=Cc3ccc(N(O)O)cc3)CO2)c(C)c(=O)c1C. The predicted octanol–water partition coefficient (Wildman–Crippen LogP) is 6.23. The number of ether oxygens (including phenoxy) is 2. The molecule has 7 nitrogen and oxygen atoms in total. The zero-order chi connectivity index (χ0) is 25.7. The molecule has 0 aliphatic carbocycles. The van der Waals surface area contributed by atoms with E-state index in [2.05, 4.69) is 18.2 Å². The van der Waals surface area contributed by atoms with Crippen LogP contribution in [0.2, 0.25) is 0 Å². The van der Waals surface area contributed by atoms with Crippen LogP contribution in [-0.2, 0) is 4.74 Å². The second-order valence-corrected chi connectivity index (χ2v) is 8.89. The molecule has 35 heavy (non-hydrogen) atoms. The summed E-state index contributed by atoms with van der Waals surface area (Å²) in [5, 5.41) is 18.2. The number of hydrogen-bond donors (Lipinski definition) is 2. The number of anilines is 1. The maximum absolute atomic E-state index is 12.5. The van der Waals surface area contributed by atoms with Gasteiger partial charge in [0.15, 0.2) is 5.43 Å². The second kappa shape index (κ2) is 11.4. The first kappa shape index (κ1) is 26.2. The van der Waals surface area contributed by atoms with E-state index in [0.717, 1.165) is 27.9 Å². The molecule has 186 valence electrons. The highest BCUT2D eigenvalue weighted by Gasteiger charge is 2.28. The maximum atomic E-state index is 12.5. The topological polar surface area (TPSA) is 92.4 Å². The molecule has 2 N–H and O–H groups in total. The summed E-state index contributed by atoms with van der Waals surface area (Å²) in [5.74, 6) is 0.759. The molecule has 1 fully saturated rings. The van der Waals surface area contributed by atoms with Crippen LogP contribution in [0.5, 0.6) is 5.95 Å². The van der Waals surface area contributed by atoms with Gasteiger partial charge in [-0.15, -0.1) is 5.23 Å². The Morgan fingerprint density at radius 2 is 1.69 bits per heavy atom. The first-order valence-corrected chi connectivity index (χ1v) is 11.4. The van der Waals surface area contributed by atoms with E-state index < -0.39 is 0 Å². The largest absolute Gasteiger partial charge is 0.468 e. The molecule has 1 aromatic heterocycles. The maximum Gasteiger partial charge on any atom is 0.291 e. The van der Waals surface area contributed by atoms with E-state index in [1.165, 1.54) is 7.11 Å². The summed E-state index contributed by atoms with van der Waals surface area (Å²) < 4.78 is 17.0. The fraction of sp³-hybridized carbons (Fsp3) is 0.321. The van der Waals surface area contributed by atoms with E-state index in [4.69, 9.17) is 24.3 Å². The van der Waals surface area contributed by atoms with Gasteiger partial charge in [-0.2, -0.15) is 0 Å². The van der Waals surface area contributed by atoms with Crippen LogP contribution in [0.4, 0.5) is 5.69 Å². The van der Waals surface area contributed by atoms with Crippen molar-refractivity contribution in [2.75, 3.05) is 18.9 Å². The third-order valence-electron chi connectivity index (χ3n) is 5.82. The summed E-state index contributed by atoms with van der Waals surface area (Å²) in [5.41, 5.74) is 6.60. The van der Waals surface area contributed by atoms with Gasteiger partial charge in [-0.1, -0.05) is 53.2 Å². The molecule has 0 amide bonds. The molecule has 0 radical (unpaired) electrons. The summed E-state index contributed by atoms with van der Waals surface area (Å²) in [7, 11) is 1.49. The first-order chi connectivity index (χ1) is 16.6. The molecule has 1 aromatic carbocycles. The van der Waals surface area contributed by atoms with Crippen LogP contribution in [0.1, 0.15) is 55.7 Å². The standard InChI is InChI=1S/C28H33NO6/c1-17(11-18(2)13-22-7-9-24(10-8-22)29(31)32)12-19(3)14-23-15-25(34-16-23)27-20(4)26(30)21(5)28(33-6)35-27/h7-14,25,31-32H,15-16H2,1-6H3. The number of methoxy groups -OCH3 is 1. The Kier molecular flexibility index (Phi) is 8.51. The summed E-state index contributed by atoms with van der Waals surface area (Å²) in [6, 6.07) is 6.89. The molecule has 0 saturated carbocycles. The lowest BCUT2D eigenvalue weighted by Gasteiger charge is -2.13. The number of allylic oxidation sites excluding steroid dienone is 6. The minimum atomic E-state index is -0.312. The van der Waals surface area contributed by atoms with Gasteiger partial charge in [0.05, 0.1) is 25.0 Å². The molecular formula is C28H33NO6. The van der Waals surface area contributed by atoms with Gasteiger partial charge in [0.1, 0.15) is 11.9 Å². The Morgan fingerprint density at radius 3 is 2.31 bits per heavy atom. The molecule has 0 bridgehead atoms. The van der Waals surface area contributed by atoms with Gasteiger partial charge in [0, 0.05) is 12.0 Å². The van der Waals surface area contributed by atoms with Crippen LogP contribution in [-0.4, -0.2) is 24.1 Å². The number of rotatable bonds is 7. The monoisotopic (exact) mass is 479 g/mol. The zero-order valence-electron chi connectivity index (χ0n) is 21.1. The van der Waals surface area contributed by atoms with Gasteiger partial charge in [-0.05, 0) is 57.9 Å². The highest BCUT2D eigenvalue weighted by molar-refractivity contribution is 5.59. The predicted molar refractivity (Wildman–Crippen MR) is 136 cm³/mol. The molecule has 1 unspecified atom stereocenters. The Balaban J connectivity index is 1.71. The number of benzene rings is 1. The summed E-state index contributed by atoms with van der Waals surface area (Å²) in [4.78, 5) is 12.5. The highest BCUT2D eigenvalue weighted by Crippen LogP contribution is 2.35. The third-order valence-corrected chi connectivity index (χ3v) is 5.82. The van der Waals surface area contributed by atoms with Gasteiger partial charge in [0.25, 0.3) is 5.95 Å². The van der Waals surface area contributed by atoms with Crippen molar-refractivity contribution in [3.8, 4) is 5.95 Å². The lowest BCUT2D eigenvalue weighted by molar-refractivity contribution is 0.0291. The summed E-state index contributed by atoms with van der Waals surface area (Å²) in [6.07, 6.45) is 8.67. The van der Waals surface area contributed by atoms with E-state index in [0.29, 0.717) is 35.6 Å². The molecule has 7 heteroatoms. The molecule has 0 spiro atoms. The lowest BCUT2D eigenvalue weighted by Crippen LogP contribution is -2.15. The quantitative estimate of drug-likeness (QED) is 0.359. The molecule has 3 rings (SSSR count). The van der Waals surface area contributed by atoms with Gasteiger partial charge in [0.2, 0.25) is 0 Å². The van der Waals surface area contributed by atoms with Crippen molar-refractivity contribution in [3.05, 3.63) is 97.5 Å². The average Bonchev–Trinajstić information content (AvgIpc) is 3.25. The number of hydrogen-bond acceptors (Lipinski definition) is 7. The molecule has 1 aliphatic rings. The van der Waals surface area contributed by atoms with E-state index in [1.54, 1.807) is 26.0 Å². The minimum absolute atomic E-state index is 0.0795. The Morgan fingerprint density at radius 1 is 1.03 bits per heavy atom. The molecule has 1 atom stereocenters. The molecular weight excluding hydrogens is 446 g/mol. The van der Waals surface area contributed by atoms with Crippen LogP contribution >= 0.6 is 0 Å².